The van der Waals surface area contributed by atoms with Gasteiger partial charge in [0.2, 0.25) is 5.91 Å². The second-order valence-electron chi connectivity index (χ2n) is 3.88. The predicted molar refractivity (Wildman–Crippen MR) is 68.4 cm³/mol. The van der Waals surface area contributed by atoms with Crippen LogP contribution in [0.5, 0.6) is 0 Å². The molecule has 0 aliphatic carbocycles. The first-order valence-corrected chi connectivity index (χ1v) is 5.85. The Kier molecular flexibility index (Phi) is 3.50. The highest BCUT2D eigenvalue weighted by Crippen LogP contribution is 2.13. The minimum Gasteiger partial charge on any atom is -0.427 e. The van der Waals surface area contributed by atoms with Crippen molar-refractivity contribution >= 4 is 36.2 Å². The minimum absolute atomic E-state index is 0.183. The van der Waals surface area contributed by atoms with Crippen LogP contribution in [0.25, 0.3) is 0 Å². The molecular weight excluding hydrogens is 238 g/mol. The summed E-state index contributed by atoms with van der Waals surface area (Å²) in [6, 6.07) is 5.11. The van der Waals surface area contributed by atoms with Crippen LogP contribution < -0.4 is 5.46 Å². The number of rotatable bonds is 2. The number of benzene rings is 1. The van der Waals surface area contributed by atoms with E-state index in [9.17, 15) is 9.82 Å². The van der Waals surface area contributed by atoms with Gasteiger partial charge in [-0.05, 0) is 29.6 Å². The van der Waals surface area contributed by atoms with Crippen molar-refractivity contribution in [2.75, 3.05) is 0 Å². The SMILES string of the molecule is CCCC(=O)N1N=Cc2cc(Cl)ccc2B1O. The monoisotopic (exact) mass is 250 g/mol. The molecule has 0 aromatic heterocycles. The molecule has 0 atom stereocenters. The van der Waals surface area contributed by atoms with Crippen LogP contribution in [0.15, 0.2) is 23.3 Å². The third-order valence-corrected chi connectivity index (χ3v) is 2.83. The quantitative estimate of drug-likeness (QED) is 0.796. The first-order chi connectivity index (χ1) is 8.13. The molecule has 0 bridgehead atoms. The molecule has 6 heteroatoms. The number of hydrogen-bond donors (Lipinski definition) is 1. The maximum Gasteiger partial charge on any atom is 0.474 e. The van der Waals surface area contributed by atoms with Gasteiger partial charge in [0.05, 0.1) is 6.21 Å². The van der Waals surface area contributed by atoms with Crippen LogP contribution >= 0.6 is 11.6 Å². The fraction of sp³-hybridized carbons (Fsp3) is 0.273. The third-order valence-electron chi connectivity index (χ3n) is 2.60. The molecule has 2 rings (SSSR count). The number of fused-ring (bicyclic) bond motifs is 1. The summed E-state index contributed by atoms with van der Waals surface area (Å²) in [6.45, 7) is 1.91. The Bertz CT molecular complexity index is 479. The highest BCUT2D eigenvalue weighted by Gasteiger charge is 2.32. The highest BCUT2D eigenvalue weighted by atomic mass is 35.5. The van der Waals surface area contributed by atoms with E-state index >= 15 is 0 Å². The number of amides is 1. The van der Waals surface area contributed by atoms with Gasteiger partial charge in [-0.2, -0.15) is 5.10 Å². The van der Waals surface area contributed by atoms with Crippen LogP contribution in [-0.4, -0.2) is 29.1 Å². The van der Waals surface area contributed by atoms with Crippen molar-refractivity contribution in [1.82, 2.24) is 4.92 Å². The second kappa shape index (κ2) is 4.90. The zero-order valence-corrected chi connectivity index (χ0v) is 10.2. The molecule has 1 heterocycles. The molecule has 88 valence electrons. The second-order valence-corrected chi connectivity index (χ2v) is 4.32. The lowest BCUT2D eigenvalue weighted by Gasteiger charge is -2.24. The molecule has 1 aromatic carbocycles. The van der Waals surface area contributed by atoms with Crippen LogP contribution in [0, 0.1) is 0 Å². The van der Waals surface area contributed by atoms with Crippen LogP contribution in [0.4, 0.5) is 0 Å². The van der Waals surface area contributed by atoms with E-state index in [1.807, 2.05) is 6.92 Å². The van der Waals surface area contributed by atoms with Crippen molar-refractivity contribution in [1.29, 1.82) is 0 Å². The zero-order chi connectivity index (χ0) is 12.4. The van der Waals surface area contributed by atoms with Gasteiger partial charge < -0.3 is 5.02 Å². The number of nitrogens with zero attached hydrogens (tertiary/aromatic N) is 2. The summed E-state index contributed by atoms with van der Waals surface area (Å²) < 4.78 is 0. The van der Waals surface area contributed by atoms with E-state index in [1.165, 1.54) is 0 Å². The van der Waals surface area contributed by atoms with Gasteiger partial charge in [0.1, 0.15) is 0 Å². The molecule has 4 nitrogen and oxygen atoms in total. The van der Waals surface area contributed by atoms with Crippen LogP contribution in [-0.2, 0) is 4.79 Å². The lowest BCUT2D eigenvalue weighted by Crippen LogP contribution is -2.52. The molecule has 0 spiro atoms. The molecule has 0 saturated carbocycles. The molecule has 1 aliphatic heterocycles. The summed E-state index contributed by atoms with van der Waals surface area (Å²) in [5, 5.41) is 14.6. The van der Waals surface area contributed by atoms with Crippen LogP contribution in [0.1, 0.15) is 25.3 Å². The molecule has 0 fully saturated rings. The van der Waals surface area contributed by atoms with Gasteiger partial charge in [-0.3, -0.25) is 4.79 Å². The summed E-state index contributed by atoms with van der Waals surface area (Å²) in [6.07, 6.45) is 2.64. The Morgan fingerprint density at radius 2 is 2.35 bits per heavy atom. The Morgan fingerprint density at radius 1 is 1.59 bits per heavy atom. The Labute approximate surface area is 105 Å². The minimum atomic E-state index is -1.02. The van der Waals surface area contributed by atoms with Gasteiger partial charge in [-0.1, -0.05) is 24.6 Å². The first-order valence-electron chi connectivity index (χ1n) is 5.47. The van der Waals surface area contributed by atoms with Gasteiger partial charge in [-0.25, -0.2) is 4.92 Å². The van der Waals surface area contributed by atoms with Crippen LogP contribution in [0.3, 0.4) is 0 Å². The van der Waals surface area contributed by atoms with Crippen LogP contribution in [0.2, 0.25) is 5.02 Å². The fourth-order valence-corrected chi connectivity index (χ4v) is 1.92. The highest BCUT2D eigenvalue weighted by molar-refractivity contribution is 6.67. The van der Waals surface area contributed by atoms with E-state index in [4.69, 9.17) is 11.6 Å². The third kappa shape index (κ3) is 2.35. The molecule has 0 radical (unpaired) electrons. The normalized spacial score (nSPS) is 13.8. The van der Waals surface area contributed by atoms with E-state index in [0.717, 1.165) is 16.9 Å². The van der Waals surface area contributed by atoms with E-state index in [1.54, 1.807) is 24.4 Å². The molecule has 1 aromatic rings. The van der Waals surface area contributed by atoms with Crippen molar-refractivity contribution in [3.63, 3.8) is 0 Å². The number of hydrogen-bond acceptors (Lipinski definition) is 3. The topological polar surface area (TPSA) is 52.9 Å². The summed E-state index contributed by atoms with van der Waals surface area (Å²) in [5.41, 5.74) is 1.39. The van der Waals surface area contributed by atoms with Crippen molar-refractivity contribution in [3.05, 3.63) is 28.8 Å². The zero-order valence-electron chi connectivity index (χ0n) is 9.43. The van der Waals surface area contributed by atoms with Gasteiger partial charge in [0.25, 0.3) is 0 Å². The lowest BCUT2D eigenvalue weighted by molar-refractivity contribution is -0.127. The van der Waals surface area contributed by atoms with Gasteiger partial charge >= 0.3 is 7.05 Å². The van der Waals surface area contributed by atoms with E-state index < -0.39 is 7.05 Å². The van der Waals surface area contributed by atoms with Gasteiger partial charge in [-0.15, -0.1) is 0 Å². The van der Waals surface area contributed by atoms with Crippen molar-refractivity contribution in [2.45, 2.75) is 19.8 Å². The molecule has 1 amide bonds. The summed E-state index contributed by atoms with van der Waals surface area (Å²) >= 11 is 5.85. The van der Waals surface area contributed by atoms with Crippen molar-refractivity contribution in [3.8, 4) is 0 Å². The largest absolute Gasteiger partial charge is 0.474 e. The smallest absolute Gasteiger partial charge is 0.427 e. The number of hydrazone groups is 1. The fourth-order valence-electron chi connectivity index (χ4n) is 1.74. The molecule has 0 saturated heterocycles. The molecule has 17 heavy (non-hydrogen) atoms. The molecule has 0 unspecified atom stereocenters. The van der Waals surface area contributed by atoms with E-state index in [2.05, 4.69) is 5.10 Å². The van der Waals surface area contributed by atoms with Gasteiger partial charge in [0.15, 0.2) is 0 Å². The summed E-state index contributed by atoms with van der Waals surface area (Å²) in [7, 11) is -1.02. The van der Waals surface area contributed by atoms with Gasteiger partial charge in [0, 0.05) is 11.4 Å². The van der Waals surface area contributed by atoms with E-state index in [-0.39, 0.29) is 5.91 Å². The summed E-state index contributed by atoms with van der Waals surface area (Å²) in [5.74, 6) is -0.183. The lowest BCUT2D eigenvalue weighted by atomic mass is 9.69. The van der Waals surface area contributed by atoms with Crippen molar-refractivity contribution in [2.24, 2.45) is 5.10 Å². The maximum atomic E-state index is 11.7. The average molecular weight is 250 g/mol. The molecular formula is C11H12BClN2O2. The Hall–Kier alpha value is -1.33. The Morgan fingerprint density at radius 3 is 3.06 bits per heavy atom. The number of carbonyl (C=O) groups excluding carboxylic acids is 1. The average Bonchev–Trinajstić information content (AvgIpc) is 2.29. The maximum absolute atomic E-state index is 11.7. The molecule has 1 aliphatic rings. The summed E-state index contributed by atoms with van der Waals surface area (Å²) in [4.78, 5) is 12.8. The van der Waals surface area contributed by atoms with Crippen molar-refractivity contribution < 1.29 is 9.82 Å². The van der Waals surface area contributed by atoms with E-state index in [0.29, 0.717) is 16.9 Å². The number of carbonyl (C=O) groups is 1. The first kappa shape index (κ1) is 12.1. The predicted octanol–water partition coefficient (Wildman–Crippen LogP) is 1.00. The number of halogens is 1. The standard InChI is InChI=1S/C11H12BClN2O2/c1-2-3-11(16)15-12(17)10-5-4-9(13)6-8(10)7-14-15/h4-7,17H,2-3H2,1H3. The molecule has 1 N–H and O–H groups in total. The Balaban J connectivity index is 2.30.